The van der Waals surface area contributed by atoms with Gasteiger partial charge in [-0.2, -0.15) is 14.6 Å². The van der Waals surface area contributed by atoms with Crippen molar-refractivity contribution in [1.82, 2.24) is 19.6 Å². The molecule has 21 heavy (non-hydrogen) atoms. The maximum Gasteiger partial charge on any atom is 0.273 e. The van der Waals surface area contributed by atoms with Crippen LogP contribution in [0.4, 0.5) is 5.69 Å². The van der Waals surface area contributed by atoms with Crippen molar-refractivity contribution in [2.75, 3.05) is 11.4 Å². The molecule has 1 aliphatic heterocycles. The molecule has 0 unspecified atom stereocenters. The Hall–Kier alpha value is -2.68. The summed E-state index contributed by atoms with van der Waals surface area (Å²) < 4.78 is 27.6. The quantitative estimate of drug-likeness (QED) is 0.640. The third kappa shape index (κ3) is 1.38. The first-order chi connectivity index (χ1) is 10.0. The third-order valence-corrected chi connectivity index (χ3v) is 5.34. The van der Waals surface area contributed by atoms with Gasteiger partial charge in [0.15, 0.2) is 4.90 Å². The fraction of sp³-hybridized carbons (Fsp3) is 0.0833. The predicted molar refractivity (Wildman–Crippen MR) is 74.6 cm³/mol. The Morgan fingerprint density at radius 2 is 2.00 bits per heavy atom. The van der Waals surface area contributed by atoms with E-state index in [0.717, 1.165) is 4.31 Å². The Kier molecular flexibility index (Phi) is 2.13. The molecule has 0 saturated carbocycles. The highest BCUT2D eigenvalue weighted by Crippen LogP contribution is 2.39. The Morgan fingerprint density at radius 3 is 2.81 bits per heavy atom. The van der Waals surface area contributed by atoms with E-state index in [-0.39, 0.29) is 16.4 Å². The third-order valence-electron chi connectivity index (χ3n) is 3.52. The van der Waals surface area contributed by atoms with Crippen LogP contribution in [0, 0.1) is 0 Å². The lowest BCUT2D eigenvalue weighted by Gasteiger charge is -2.28. The molecule has 0 fully saturated rings. The zero-order valence-electron chi connectivity index (χ0n) is 10.8. The van der Waals surface area contributed by atoms with Crippen LogP contribution < -0.4 is 9.86 Å². The number of H-pyrrole nitrogens is 1. The molecule has 0 saturated heterocycles. The maximum atomic E-state index is 12.6. The molecular formula is C12H9N5O3S. The molecule has 0 radical (unpaired) electrons. The monoisotopic (exact) mass is 303 g/mol. The van der Waals surface area contributed by atoms with Gasteiger partial charge in [0.2, 0.25) is 5.78 Å². The number of benzene rings is 1. The largest absolute Gasteiger partial charge is 0.290 e. The van der Waals surface area contributed by atoms with Gasteiger partial charge >= 0.3 is 0 Å². The van der Waals surface area contributed by atoms with Crippen LogP contribution >= 0.6 is 0 Å². The molecule has 3 heterocycles. The lowest BCUT2D eigenvalue weighted by Crippen LogP contribution is -2.36. The number of rotatable bonds is 0. The second-order valence-corrected chi connectivity index (χ2v) is 6.52. The minimum absolute atomic E-state index is 0.202. The zero-order chi connectivity index (χ0) is 14.8. The number of para-hydroxylation sites is 1. The highest BCUT2D eigenvalue weighted by molar-refractivity contribution is 7.93. The molecule has 0 aliphatic carbocycles. The molecule has 106 valence electrons. The van der Waals surface area contributed by atoms with E-state index in [1.807, 2.05) is 0 Å². The van der Waals surface area contributed by atoms with Crippen LogP contribution in [-0.2, 0) is 10.0 Å². The van der Waals surface area contributed by atoms with Crippen LogP contribution in [0.2, 0.25) is 0 Å². The summed E-state index contributed by atoms with van der Waals surface area (Å²) in [5, 5.41) is 4.02. The second kappa shape index (κ2) is 3.70. The van der Waals surface area contributed by atoms with Crippen molar-refractivity contribution in [3.63, 3.8) is 0 Å². The fourth-order valence-corrected chi connectivity index (χ4v) is 3.96. The minimum atomic E-state index is -3.93. The maximum absolute atomic E-state index is 12.6. The van der Waals surface area contributed by atoms with Crippen LogP contribution in [0.5, 0.6) is 0 Å². The molecule has 1 N–H and O–H groups in total. The van der Waals surface area contributed by atoms with Gasteiger partial charge in [0, 0.05) is 12.6 Å². The molecule has 3 aromatic rings. The first-order valence-corrected chi connectivity index (χ1v) is 7.50. The van der Waals surface area contributed by atoms with Gasteiger partial charge < -0.3 is 0 Å². The molecule has 9 heteroatoms. The summed E-state index contributed by atoms with van der Waals surface area (Å²) in [4.78, 5) is 18.2. The summed E-state index contributed by atoms with van der Waals surface area (Å²) in [5.74, 6) is 0.202. The molecule has 2 aromatic heterocycles. The van der Waals surface area contributed by atoms with Crippen LogP contribution in [0.25, 0.3) is 17.0 Å². The highest BCUT2D eigenvalue weighted by Gasteiger charge is 2.37. The van der Waals surface area contributed by atoms with Gasteiger partial charge in [-0.05, 0) is 6.07 Å². The average Bonchev–Trinajstić information content (AvgIpc) is 2.91. The topological polar surface area (TPSA) is 100 Å². The van der Waals surface area contributed by atoms with E-state index in [4.69, 9.17) is 0 Å². The molecular weight excluding hydrogens is 294 g/mol. The van der Waals surface area contributed by atoms with Gasteiger partial charge in [0.05, 0.1) is 5.69 Å². The number of aromatic amines is 1. The summed E-state index contributed by atoms with van der Waals surface area (Å²) >= 11 is 0. The van der Waals surface area contributed by atoms with E-state index < -0.39 is 15.6 Å². The zero-order valence-corrected chi connectivity index (χ0v) is 11.6. The number of nitrogens with zero attached hydrogens (tertiary/aromatic N) is 4. The summed E-state index contributed by atoms with van der Waals surface area (Å²) in [6.45, 7) is 0. The Labute approximate surface area is 118 Å². The van der Waals surface area contributed by atoms with E-state index in [1.165, 1.54) is 17.9 Å². The molecule has 0 atom stereocenters. The molecule has 0 amide bonds. The Bertz CT molecular complexity index is 1050. The SMILES string of the molecule is CN1c2ccccc2-c2c(c(=O)[nH]c3ncnn23)S1(=O)=O. The van der Waals surface area contributed by atoms with Crippen molar-refractivity contribution < 1.29 is 8.42 Å². The molecule has 1 aliphatic rings. The van der Waals surface area contributed by atoms with E-state index in [9.17, 15) is 13.2 Å². The summed E-state index contributed by atoms with van der Waals surface area (Å²) in [5.41, 5.74) is 0.644. The molecule has 0 bridgehead atoms. The highest BCUT2D eigenvalue weighted by atomic mass is 32.2. The Balaban J connectivity index is 2.33. The minimum Gasteiger partial charge on any atom is -0.290 e. The van der Waals surface area contributed by atoms with Crippen molar-refractivity contribution in [1.29, 1.82) is 0 Å². The van der Waals surface area contributed by atoms with Gasteiger partial charge in [0.25, 0.3) is 15.6 Å². The number of anilines is 1. The van der Waals surface area contributed by atoms with Crippen LogP contribution in [0.15, 0.2) is 40.3 Å². The van der Waals surface area contributed by atoms with Gasteiger partial charge in [0.1, 0.15) is 12.0 Å². The van der Waals surface area contributed by atoms with Crippen molar-refractivity contribution in [3.8, 4) is 11.3 Å². The molecule has 8 nitrogen and oxygen atoms in total. The number of hydrogen-bond acceptors (Lipinski definition) is 5. The summed E-state index contributed by atoms with van der Waals surface area (Å²) in [6.07, 6.45) is 1.26. The van der Waals surface area contributed by atoms with E-state index >= 15 is 0 Å². The number of fused-ring (bicyclic) bond motifs is 5. The number of sulfonamides is 1. The first kappa shape index (κ1) is 12.1. The molecule has 4 rings (SSSR count). The van der Waals surface area contributed by atoms with E-state index in [2.05, 4.69) is 15.1 Å². The van der Waals surface area contributed by atoms with Crippen LogP contribution in [0.3, 0.4) is 0 Å². The smallest absolute Gasteiger partial charge is 0.273 e. The normalized spacial score (nSPS) is 15.8. The summed E-state index contributed by atoms with van der Waals surface area (Å²) in [6, 6.07) is 6.94. The number of hydrogen-bond donors (Lipinski definition) is 1. The fourth-order valence-electron chi connectivity index (χ4n) is 2.54. The number of nitrogens with one attached hydrogen (secondary N) is 1. The van der Waals surface area contributed by atoms with Crippen molar-refractivity contribution in [2.24, 2.45) is 0 Å². The van der Waals surface area contributed by atoms with Gasteiger partial charge in [-0.15, -0.1) is 0 Å². The van der Waals surface area contributed by atoms with Crippen molar-refractivity contribution in [3.05, 3.63) is 40.9 Å². The van der Waals surface area contributed by atoms with E-state index in [0.29, 0.717) is 11.3 Å². The van der Waals surface area contributed by atoms with Crippen LogP contribution in [-0.4, -0.2) is 35.0 Å². The Morgan fingerprint density at radius 1 is 1.24 bits per heavy atom. The van der Waals surface area contributed by atoms with E-state index in [1.54, 1.807) is 24.3 Å². The predicted octanol–water partition coefficient (Wildman–Crippen LogP) is 0.223. The summed E-state index contributed by atoms with van der Waals surface area (Å²) in [7, 11) is -2.51. The lowest BCUT2D eigenvalue weighted by molar-refractivity contribution is 0.591. The second-order valence-electron chi connectivity index (χ2n) is 4.62. The average molecular weight is 303 g/mol. The first-order valence-electron chi connectivity index (χ1n) is 6.06. The molecule has 1 aromatic carbocycles. The van der Waals surface area contributed by atoms with Gasteiger partial charge in [-0.3, -0.25) is 14.1 Å². The molecule has 0 spiro atoms. The van der Waals surface area contributed by atoms with Gasteiger partial charge in [-0.25, -0.2) is 8.42 Å². The van der Waals surface area contributed by atoms with Gasteiger partial charge in [-0.1, -0.05) is 18.2 Å². The lowest BCUT2D eigenvalue weighted by atomic mass is 10.1. The van der Waals surface area contributed by atoms with Crippen molar-refractivity contribution >= 4 is 21.5 Å². The van der Waals surface area contributed by atoms with Crippen LogP contribution in [0.1, 0.15) is 0 Å². The number of aromatic nitrogens is 4. The standard InChI is InChI=1S/C12H9N5O3S/c1-16-8-5-3-2-4-7(8)9-10(21(16,19)20)11(18)15-12-13-6-14-17(9)12/h2-6H,1H3,(H,13,14,15,18). The van der Waals surface area contributed by atoms with Crippen molar-refractivity contribution in [2.45, 2.75) is 4.90 Å².